The summed E-state index contributed by atoms with van der Waals surface area (Å²) >= 11 is 6.19. The molecule has 1 aromatic carbocycles. The van der Waals surface area contributed by atoms with Gasteiger partial charge in [-0.1, -0.05) is 31.5 Å². The zero-order chi connectivity index (χ0) is 18.8. The molecular formula is C15H21ClN4O3S. The van der Waals surface area contributed by atoms with Gasteiger partial charge in [0.25, 0.3) is 0 Å². The van der Waals surface area contributed by atoms with Crippen LogP contribution in [0.5, 0.6) is 0 Å². The van der Waals surface area contributed by atoms with E-state index in [0.717, 1.165) is 0 Å². The van der Waals surface area contributed by atoms with E-state index in [9.17, 15) is 13.2 Å². The molecule has 132 valence electrons. The smallest absolute Gasteiger partial charge is 0.241 e. The third kappa shape index (κ3) is 5.49. The van der Waals surface area contributed by atoms with E-state index in [4.69, 9.17) is 17.1 Å². The van der Waals surface area contributed by atoms with Crippen molar-refractivity contribution in [1.82, 2.24) is 4.72 Å². The lowest BCUT2D eigenvalue weighted by Gasteiger charge is -2.22. The maximum absolute atomic E-state index is 12.3. The standard InChI is InChI=1S/C15H21ClN4O3S/c1-14(2,3)19-24(22,23)11-7-6-10(12(16)8-11)9-15(4,5)13(21)18-20-17/h6-8,19H,9H2,1-5H3. The summed E-state index contributed by atoms with van der Waals surface area (Å²) in [4.78, 5) is 14.3. The van der Waals surface area contributed by atoms with Gasteiger partial charge in [-0.2, -0.15) is 0 Å². The summed E-state index contributed by atoms with van der Waals surface area (Å²) in [6.45, 7) is 8.48. The van der Waals surface area contributed by atoms with E-state index in [1.807, 2.05) is 0 Å². The van der Waals surface area contributed by atoms with Gasteiger partial charge in [0.05, 0.1) is 4.90 Å². The Labute approximate surface area is 147 Å². The summed E-state index contributed by atoms with van der Waals surface area (Å²) in [7, 11) is -3.69. The summed E-state index contributed by atoms with van der Waals surface area (Å²) < 4.78 is 27.2. The summed E-state index contributed by atoms with van der Waals surface area (Å²) in [5.41, 5.74) is 7.41. The van der Waals surface area contributed by atoms with Crippen molar-refractivity contribution in [3.05, 3.63) is 39.2 Å². The molecule has 24 heavy (non-hydrogen) atoms. The van der Waals surface area contributed by atoms with Gasteiger partial charge in [0.2, 0.25) is 15.9 Å². The number of benzene rings is 1. The average Bonchev–Trinajstić information content (AvgIpc) is 2.38. The Morgan fingerprint density at radius 3 is 2.33 bits per heavy atom. The topological polar surface area (TPSA) is 112 Å². The van der Waals surface area contributed by atoms with Gasteiger partial charge >= 0.3 is 0 Å². The number of sulfonamides is 1. The first kappa shape index (κ1) is 20.4. The Balaban J connectivity index is 3.13. The van der Waals surface area contributed by atoms with Gasteiger partial charge in [-0.3, -0.25) is 4.79 Å². The van der Waals surface area contributed by atoms with Gasteiger partial charge in [-0.05, 0) is 55.5 Å². The molecule has 0 radical (unpaired) electrons. The Morgan fingerprint density at radius 2 is 1.88 bits per heavy atom. The molecule has 0 bridgehead atoms. The number of halogens is 1. The second-order valence-electron chi connectivity index (χ2n) is 7.16. The first-order valence-electron chi connectivity index (χ1n) is 7.20. The molecule has 0 saturated carbocycles. The fraction of sp³-hybridized carbons (Fsp3) is 0.533. The highest BCUT2D eigenvalue weighted by molar-refractivity contribution is 7.89. The lowest BCUT2D eigenvalue weighted by Crippen LogP contribution is -2.40. The van der Waals surface area contributed by atoms with Gasteiger partial charge in [0, 0.05) is 20.9 Å². The molecule has 0 saturated heterocycles. The molecule has 0 aliphatic heterocycles. The fourth-order valence-electron chi connectivity index (χ4n) is 2.03. The van der Waals surface area contributed by atoms with Crippen LogP contribution >= 0.6 is 11.6 Å². The lowest BCUT2D eigenvalue weighted by molar-refractivity contribution is -0.125. The number of hydrogen-bond donors (Lipinski definition) is 1. The molecule has 7 nitrogen and oxygen atoms in total. The SMILES string of the molecule is CC(C)(C)NS(=O)(=O)c1ccc(CC(C)(C)C(=O)N=[N+]=[N-])c(Cl)c1. The van der Waals surface area contributed by atoms with Crippen LogP contribution in [0.1, 0.15) is 40.2 Å². The predicted octanol–water partition coefficient (Wildman–Crippen LogP) is 3.82. The molecular weight excluding hydrogens is 352 g/mol. The Bertz CT molecular complexity index is 791. The van der Waals surface area contributed by atoms with Crippen molar-refractivity contribution < 1.29 is 13.2 Å². The average molecular weight is 373 g/mol. The first-order chi connectivity index (χ1) is 10.8. The van der Waals surface area contributed by atoms with Crippen molar-refractivity contribution in [2.45, 2.75) is 51.5 Å². The van der Waals surface area contributed by atoms with Crippen LogP contribution in [0.15, 0.2) is 28.2 Å². The van der Waals surface area contributed by atoms with Gasteiger partial charge < -0.3 is 0 Å². The maximum atomic E-state index is 12.3. The Hall–Kier alpha value is -1.60. The highest BCUT2D eigenvalue weighted by atomic mass is 35.5. The number of amides is 1. The van der Waals surface area contributed by atoms with E-state index in [1.165, 1.54) is 12.1 Å². The monoisotopic (exact) mass is 372 g/mol. The second kappa shape index (κ2) is 7.11. The van der Waals surface area contributed by atoms with Crippen LogP contribution in [-0.4, -0.2) is 19.9 Å². The van der Waals surface area contributed by atoms with E-state index in [1.54, 1.807) is 40.7 Å². The van der Waals surface area contributed by atoms with Crippen molar-refractivity contribution in [1.29, 1.82) is 0 Å². The molecule has 1 N–H and O–H groups in total. The first-order valence-corrected chi connectivity index (χ1v) is 9.06. The van der Waals surface area contributed by atoms with Gasteiger partial charge in [0.15, 0.2) is 0 Å². The molecule has 1 amide bonds. The number of azide groups is 1. The minimum Gasteiger partial charge on any atom is -0.292 e. The van der Waals surface area contributed by atoms with Crippen molar-refractivity contribution >= 4 is 27.5 Å². The molecule has 0 aliphatic carbocycles. The number of rotatable bonds is 5. The molecule has 0 spiro atoms. The van der Waals surface area contributed by atoms with Gasteiger partial charge in [0.1, 0.15) is 0 Å². The van der Waals surface area contributed by atoms with Crippen molar-refractivity contribution in [2.75, 3.05) is 0 Å². The Morgan fingerprint density at radius 1 is 1.29 bits per heavy atom. The minimum atomic E-state index is -3.69. The molecule has 0 unspecified atom stereocenters. The van der Waals surface area contributed by atoms with Crippen LogP contribution in [0.2, 0.25) is 5.02 Å². The van der Waals surface area contributed by atoms with Gasteiger partial charge in [-0.15, -0.1) is 0 Å². The molecule has 1 rings (SSSR count). The van der Waals surface area contributed by atoms with E-state index in [2.05, 4.69) is 14.7 Å². The van der Waals surface area contributed by atoms with E-state index in [-0.39, 0.29) is 16.3 Å². The quantitative estimate of drug-likeness (QED) is 0.481. The number of hydrogen-bond acceptors (Lipinski definition) is 3. The van der Waals surface area contributed by atoms with E-state index >= 15 is 0 Å². The number of nitrogens with one attached hydrogen (secondary N) is 1. The highest BCUT2D eigenvalue weighted by Crippen LogP contribution is 2.29. The van der Waals surface area contributed by atoms with Crippen LogP contribution < -0.4 is 4.72 Å². The largest absolute Gasteiger partial charge is 0.292 e. The van der Waals surface area contributed by atoms with Crippen molar-refractivity contribution in [3.63, 3.8) is 0 Å². The van der Waals surface area contributed by atoms with Crippen LogP contribution in [-0.2, 0) is 21.2 Å². The summed E-state index contributed by atoms with van der Waals surface area (Å²) in [5, 5.41) is 3.34. The predicted molar refractivity (Wildman–Crippen MR) is 93.2 cm³/mol. The van der Waals surface area contributed by atoms with Crippen molar-refractivity contribution in [2.24, 2.45) is 10.5 Å². The molecule has 1 aromatic rings. The van der Waals surface area contributed by atoms with E-state index in [0.29, 0.717) is 5.56 Å². The second-order valence-corrected chi connectivity index (χ2v) is 9.25. The van der Waals surface area contributed by atoms with Gasteiger partial charge in [-0.25, -0.2) is 13.1 Å². The zero-order valence-electron chi connectivity index (χ0n) is 14.3. The molecule has 0 atom stereocenters. The van der Waals surface area contributed by atoms with Crippen LogP contribution in [0.4, 0.5) is 0 Å². The third-order valence-electron chi connectivity index (χ3n) is 3.12. The molecule has 0 aromatic heterocycles. The molecule has 0 heterocycles. The Kier molecular flexibility index (Phi) is 6.05. The van der Waals surface area contributed by atoms with Crippen LogP contribution in [0.25, 0.3) is 10.4 Å². The third-order valence-corrected chi connectivity index (χ3v) is 5.23. The maximum Gasteiger partial charge on any atom is 0.241 e. The fourth-order valence-corrected chi connectivity index (χ4v) is 3.78. The molecule has 9 heteroatoms. The summed E-state index contributed by atoms with van der Waals surface area (Å²) in [6, 6.07) is 4.34. The molecule has 0 aliphatic rings. The number of carbonyl (C=O) groups excluding carboxylic acids is 1. The van der Waals surface area contributed by atoms with Crippen molar-refractivity contribution in [3.8, 4) is 0 Å². The summed E-state index contributed by atoms with van der Waals surface area (Å²) in [6.07, 6.45) is 0.219. The molecule has 0 fully saturated rings. The van der Waals surface area contributed by atoms with Crippen LogP contribution in [0, 0.1) is 5.41 Å². The number of carbonyl (C=O) groups is 1. The normalized spacial score (nSPS) is 12.6. The lowest BCUT2D eigenvalue weighted by atomic mass is 9.85. The minimum absolute atomic E-state index is 0.0466. The van der Waals surface area contributed by atoms with E-state index < -0.39 is 26.9 Å². The summed E-state index contributed by atoms with van der Waals surface area (Å²) in [5.74, 6) is -0.604. The van der Waals surface area contributed by atoms with Crippen LogP contribution in [0.3, 0.4) is 0 Å². The number of nitrogens with zero attached hydrogens (tertiary/aromatic N) is 3. The zero-order valence-corrected chi connectivity index (χ0v) is 15.9. The highest BCUT2D eigenvalue weighted by Gasteiger charge is 2.28.